The molecule has 0 amide bonds. The SMILES string of the molecule is FC(F)(F)c1cc2c(c3n[nH]nc13)ON=CC=C2. The summed E-state index contributed by atoms with van der Waals surface area (Å²) >= 11 is 0. The predicted octanol–water partition coefficient (Wildman–Crippen LogP) is 2.37. The summed E-state index contributed by atoms with van der Waals surface area (Å²) in [5.41, 5.74) is -0.892. The molecule has 1 N–H and O–H groups in total. The van der Waals surface area contributed by atoms with Crippen molar-refractivity contribution in [3.8, 4) is 5.75 Å². The van der Waals surface area contributed by atoms with E-state index < -0.39 is 11.7 Å². The van der Waals surface area contributed by atoms with E-state index in [0.717, 1.165) is 6.07 Å². The van der Waals surface area contributed by atoms with Crippen LogP contribution in [0.5, 0.6) is 5.75 Å². The highest BCUT2D eigenvalue weighted by Gasteiger charge is 2.36. The Morgan fingerprint density at radius 1 is 1.17 bits per heavy atom. The third-order valence-electron chi connectivity index (χ3n) is 2.45. The Labute approximate surface area is 97.9 Å². The Morgan fingerprint density at radius 2 is 1.94 bits per heavy atom. The molecule has 8 heteroatoms. The van der Waals surface area contributed by atoms with E-state index in [9.17, 15) is 13.2 Å². The minimum atomic E-state index is -4.51. The van der Waals surface area contributed by atoms with Gasteiger partial charge in [0.05, 0.1) is 11.8 Å². The van der Waals surface area contributed by atoms with Gasteiger partial charge >= 0.3 is 6.18 Å². The molecule has 1 aromatic heterocycles. The van der Waals surface area contributed by atoms with Crippen molar-refractivity contribution in [3.05, 3.63) is 23.3 Å². The number of oxime groups is 1. The van der Waals surface area contributed by atoms with E-state index in [0.29, 0.717) is 0 Å². The van der Waals surface area contributed by atoms with E-state index in [-0.39, 0.29) is 22.3 Å². The predicted molar refractivity (Wildman–Crippen MR) is 57.0 cm³/mol. The Morgan fingerprint density at radius 3 is 2.72 bits per heavy atom. The monoisotopic (exact) mass is 254 g/mol. The van der Waals surface area contributed by atoms with Crippen molar-refractivity contribution < 1.29 is 18.0 Å². The summed E-state index contributed by atoms with van der Waals surface area (Å²) in [5.74, 6) is 0.150. The lowest BCUT2D eigenvalue weighted by Gasteiger charge is -2.10. The first-order valence-corrected chi connectivity index (χ1v) is 4.89. The molecule has 1 aliphatic rings. The minimum absolute atomic E-state index is 0.00326. The van der Waals surface area contributed by atoms with E-state index in [1.165, 1.54) is 18.4 Å². The fourth-order valence-corrected chi connectivity index (χ4v) is 1.70. The molecular weight excluding hydrogens is 249 g/mol. The second-order valence-electron chi connectivity index (χ2n) is 3.57. The van der Waals surface area contributed by atoms with Gasteiger partial charge in [-0.1, -0.05) is 5.16 Å². The molecule has 0 unspecified atom stereocenters. The van der Waals surface area contributed by atoms with E-state index in [2.05, 4.69) is 20.6 Å². The fourth-order valence-electron chi connectivity index (χ4n) is 1.70. The lowest BCUT2D eigenvalue weighted by molar-refractivity contribution is -0.136. The van der Waals surface area contributed by atoms with Gasteiger partial charge in [0.2, 0.25) is 0 Å². The van der Waals surface area contributed by atoms with Gasteiger partial charge in [-0.15, -0.1) is 0 Å². The van der Waals surface area contributed by atoms with E-state index in [1.807, 2.05) is 0 Å². The molecule has 1 aliphatic heterocycles. The first-order valence-electron chi connectivity index (χ1n) is 4.89. The largest absolute Gasteiger partial charge is 0.418 e. The number of fused-ring (bicyclic) bond motifs is 3. The Balaban J connectivity index is 2.38. The highest BCUT2D eigenvalue weighted by atomic mass is 19.4. The zero-order chi connectivity index (χ0) is 12.8. The maximum absolute atomic E-state index is 12.9. The molecule has 3 rings (SSSR count). The van der Waals surface area contributed by atoms with Gasteiger partial charge in [-0.3, -0.25) is 0 Å². The van der Waals surface area contributed by atoms with Gasteiger partial charge in [-0.05, 0) is 18.2 Å². The minimum Gasteiger partial charge on any atom is -0.354 e. The number of rotatable bonds is 0. The van der Waals surface area contributed by atoms with Crippen LogP contribution < -0.4 is 4.84 Å². The van der Waals surface area contributed by atoms with Crippen LogP contribution in [0.15, 0.2) is 17.3 Å². The van der Waals surface area contributed by atoms with Gasteiger partial charge in [-0.25, -0.2) is 0 Å². The van der Waals surface area contributed by atoms with E-state index in [4.69, 9.17) is 4.84 Å². The zero-order valence-electron chi connectivity index (χ0n) is 8.69. The van der Waals surface area contributed by atoms with Gasteiger partial charge in [0.25, 0.3) is 0 Å². The van der Waals surface area contributed by atoms with Crippen molar-refractivity contribution in [1.29, 1.82) is 0 Å². The molecule has 0 saturated carbocycles. The summed E-state index contributed by atoms with van der Waals surface area (Å²) in [6.45, 7) is 0. The quantitative estimate of drug-likeness (QED) is 0.784. The average molecular weight is 254 g/mol. The molecular formula is C10H5F3N4O. The molecule has 2 aromatic rings. The number of aromatic nitrogens is 3. The van der Waals surface area contributed by atoms with Crippen molar-refractivity contribution in [2.45, 2.75) is 6.18 Å². The first kappa shape index (κ1) is 10.8. The molecule has 0 aliphatic carbocycles. The normalized spacial score (nSPS) is 14.4. The molecule has 1 aromatic carbocycles. The summed E-state index contributed by atoms with van der Waals surface area (Å²) in [6, 6.07) is 0.964. The van der Waals surface area contributed by atoms with Gasteiger partial charge in [0.1, 0.15) is 5.52 Å². The van der Waals surface area contributed by atoms with Crippen LogP contribution in [-0.2, 0) is 6.18 Å². The first-order chi connectivity index (χ1) is 8.57. The lowest BCUT2D eigenvalue weighted by Crippen LogP contribution is -2.07. The molecule has 2 heterocycles. The summed E-state index contributed by atoms with van der Waals surface area (Å²) < 4.78 is 38.7. The third-order valence-corrected chi connectivity index (χ3v) is 2.45. The number of aromatic amines is 1. The Bertz CT molecular complexity index is 672. The number of hydrogen-bond acceptors (Lipinski definition) is 4. The highest BCUT2D eigenvalue weighted by Crippen LogP contribution is 2.39. The maximum atomic E-state index is 12.9. The van der Waals surface area contributed by atoms with Gasteiger partial charge < -0.3 is 4.84 Å². The lowest BCUT2D eigenvalue weighted by atomic mass is 10.1. The average Bonchev–Trinajstić information content (AvgIpc) is 2.65. The summed E-state index contributed by atoms with van der Waals surface area (Å²) in [6.07, 6.45) is -0.225. The number of benzene rings is 1. The zero-order valence-corrected chi connectivity index (χ0v) is 8.69. The summed E-state index contributed by atoms with van der Waals surface area (Å²) in [5, 5.41) is 12.9. The van der Waals surface area contributed by atoms with Crippen LogP contribution in [0.3, 0.4) is 0 Å². The van der Waals surface area contributed by atoms with Crippen molar-refractivity contribution in [3.63, 3.8) is 0 Å². The number of hydrogen-bond donors (Lipinski definition) is 1. The van der Waals surface area contributed by atoms with Crippen molar-refractivity contribution >= 4 is 23.3 Å². The third kappa shape index (κ3) is 1.53. The molecule has 5 nitrogen and oxygen atoms in total. The standard InChI is InChI=1S/C10H5F3N4O/c11-10(12,13)6-4-5-2-1-3-14-18-9(5)8-7(6)15-17-16-8/h1-4H,(H,15,16,17). The van der Waals surface area contributed by atoms with Crippen LogP contribution in [0.1, 0.15) is 11.1 Å². The Kier molecular flexibility index (Phi) is 2.12. The van der Waals surface area contributed by atoms with Crippen LogP contribution in [0.25, 0.3) is 17.1 Å². The second-order valence-corrected chi connectivity index (χ2v) is 3.57. The van der Waals surface area contributed by atoms with Crippen LogP contribution in [0, 0.1) is 0 Å². The van der Waals surface area contributed by atoms with Crippen LogP contribution in [0.2, 0.25) is 0 Å². The second kappa shape index (κ2) is 3.56. The molecule has 0 fully saturated rings. The van der Waals surface area contributed by atoms with Gasteiger partial charge in [-0.2, -0.15) is 28.6 Å². The maximum Gasteiger partial charge on any atom is 0.418 e. The van der Waals surface area contributed by atoms with Crippen LogP contribution >= 0.6 is 0 Å². The number of H-pyrrole nitrogens is 1. The van der Waals surface area contributed by atoms with Crippen LogP contribution in [0.4, 0.5) is 13.2 Å². The molecule has 0 spiro atoms. The van der Waals surface area contributed by atoms with E-state index in [1.54, 1.807) is 0 Å². The topological polar surface area (TPSA) is 63.2 Å². The van der Waals surface area contributed by atoms with Crippen LogP contribution in [-0.4, -0.2) is 21.6 Å². The van der Waals surface area contributed by atoms with Gasteiger partial charge in [0.15, 0.2) is 11.3 Å². The summed E-state index contributed by atoms with van der Waals surface area (Å²) in [4.78, 5) is 5.00. The number of allylic oxidation sites excluding steroid dienone is 1. The number of nitrogens with one attached hydrogen (secondary N) is 1. The highest BCUT2D eigenvalue weighted by molar-refractivity contribution is 5.91. The van der Waals surface area contributed by atoms with E-state index >= 15 is 0 Å². The van der Waals surface area contributed by atoms with Gasteiger partial charge in [0, 0.05) is 5.56 Å². The van der Waals surface area contributed by atoms with Crippen molar-refractivity contribution in [1.82, 2.24) is 15.4 Å². The van der Waals surface area contributed by atoms with Crippen molar-refractivity contribution in [2.75, 3.05) is 0 Å². The molecule has 0 saturated heterocycles. The molecule has 18 heavy (non-hydrogen) atoms. The van der Waals surface area contributed by atoms with Crippen molar-refractivity contribution in [2.24, 2.45) is 5.16 Å². The summed E-state index contributed by atoms with van der Waals surface area (Å²) in [7, 11) is 0. The number of nitrogens with zero attached hydrogens (tertiary/aromatic N) is 3. The molecule has 92 valence electrons. The number of halogens is 3. The fraction of sp³-hybridized carbons (Fsp3) is 0.100. The smallest absolute Gasteiger partial charge is 0.354 e. The molecule has 0 atom stereocenters. The molecule has 0 bridgehead atoms. The molecule has 0 radical (unpaired) electrons. The number of alkyl halides is 3. The Hall–Kier alpha value is -2.38.